The van der Waals surface area contributed by atoms with Crippen LogP contribution in [0.3, 0.4) is 0 Å². The number of carbonyl (C=O) groups excluding carboxylic acids is 1. The van der Waals surface area contributed by atoms with Crippen LogP contribution in [-0.4, -0.2) is 28.5 Å². The molecule has 0 spiro atoms. The Labute approximate surface area is 176 Å². The quantitative estimate of drug-likeness (QED) is 0.567. The van der Waals surface area contributed by atoms with Gasteiger partial charge in [-0.25, -0.2) is 4.98 Å². The summed E-state index contributed by atoms with van der Waals surface area (Å²) in [6, 6.07) is 13.3. The van der Waals surface area contributed by atoms with Crippen LogP contribution in [0.1, 0.15) is 34.1 Å². The first-order chi connectivity index (χ1) is 14.9. The molecule has 3 aromatic rings. The Balaban J connectivity index is 1.53. The Morgan fingerprint density at radius 3 is 2.65 bits per heavy atom. The summed E-state index contributed by atoms with van der Waals surface area (Å²) in [6.45, 7) is 0.775. The summed E-state index contributed by atoms with van der Waals surface area (Å²) in [5.74, 6) is -0.183. The minimum atomic E-state index is -4.49. The number of hydrogen-bond acceptors (Lipinski definition) is 5. The van der Waals surface area contributed by atoms with E-state index in [1.165, 1.54) is 12.1 Å². The normalized spacial score (nSPS) is 18.5. The number of alkyl halides is 3. The van der Waals surface area contributed by atoms with Crippen molar-refractivity contribution in [2.24, 2.45) is 0 Å². The second kappa shape index (κ2) is 8.73. The maximum atomic E-state index is 13.0. The summed E-state index contributed by atoms with van der Waals surface area (Å²) in [7, 11) is 0. The van der Waals surface area contributed by atoms with Gasteiger partial charge in [-0.1, -0.05) is 12.1 Å². The fourth-order valence-electron chi connectivity index (χ4n) is 3.58. The van der Waals surface area contributed by atoms with E-state index in [9.17, 15) is 18.0 Å². The summed E-state index contributed by atoms with van der Waals surface area (Å²) < 4.78 is 38.9. The second-order valence-corrected chi connectivity index (χ2v) is 7.16. The Bertz CT molecular complexity index is 1060. The topological polar surface area (TPSA) is 78.9 Å². The van der Waals surface area contributed by atoms with Gasteiger partial charge in [0, 0.05) is 24.1 Å². The summed E-state index contributed by atoms with van der Waals surface area (Å²) in [5.41, 5.74) is 0.351. The number of pyridine rings is 2. The molecule has 160 valence electrons. The van der Waals surface area contributed by atoms with Crippen LogP contribution in [0.5, 0.6) is 0 Å². The molecule has 0 aliphatic carbocycles. The minimum absolute atomic E-state index is 0.0510. The molecular formula is C22H20F3N5O. The number of aromatic nitrogens is 2. The molecule has 31 heavy (non-hydrogen) atoms. The lowest BCUT2D eigenvalue weighted by Gasteiger charge is -2.22. The van der Waals surface area contributed by atoms with E-state index in [0.29, 0.717) is 5.82 Å². The smallest absolute Gasteiger partial charge is 0.365 e. The van der Waals surface area contributed by atoms with Crippen molar-refractivity contribution in [2.75, 3.05) is 17.2 Å². The van der Waals surface area contributed by atoms with Crippen LogP contribution in [0.25, 0.3) is 0 Å². The van der Waals surface area contributed by atoms with Crippen molar-refractivity contribution in [1.29, 1.82) is 0 Å². The van der Waals surface area contributed by atoms with Gasteiger partial charge >= 0.3 is 6.18 Å². The second-order valence-electron chi connectivity index (χ2n) is 7.16. The molecule has 2 aromatic heterocycles. The third-order valence-corrected chi connectivity index (χ3v) is 5.05. The standard InChI is InChI=1S/C22H20F3N5O/c23-22(24,25)14-5-3-6-15(13-14)29-21(31)16-7-4-11-28-20(16)30-18-9-12-27-19(18)17-8-1-2-10-26-17/h1-8,10-11,13,18-19,27H,9,12H2,(H,28,30)(H,29,31). The van der Waals surface area contributed by atoms with Crippen molar-refractivity contribution in [3.63, 3.8) is 0 Å². The summed E-state index contributed by atoms with van der Waals surface area (Å²) in [6.07, 6.45) is -0.410. The number of nitrogens with one attached hydrogen (secondary N) is 3. The van der Waals surface area contributed by atoms with Gasteiger partial charge in [0.05, 0.1) is 22.9 Å². The molecule has 0 radical (unpaired) electrons. The number of anilines is 2. The number of benzene rings is 1. The summed E-state index contributed by atoms with van der Waals surface area (Å²) >= 11 is 0. The molecular weight excluding hydrogens is 407 g/mol. The number of carbonyl (C=O) groups is 1. The summed E-state index contributed by atoms with van der Waals surface area (Å²) in [4.78, 5) is 21.5. The van der Waals surface area contributed by atoms with Gasteiger partial charge in [-0.2, -0.15) is 13.2 Å². The van der Waals surface area contributed by atoms with Crippen LogP contribution in [-0.2, 0) is 6.18 Å². The van der Waals surface area contributed by atoms with Gasteiger partial charge in [-0.05, 0) is 55.4 Å². The highest BCUT2D eigenvalue weighted by Crippen LogP contribution is 2.31. The van der Waals surface area contributed by atoms with E-state index in [-0.39, 0.29) is 23.3 Å². The molecule has 1 amide bonds. The first-order valence-corrected chi connectivity index (χ1v) is 9.76. The van der Waals surface area contributed by atoms with Gasteiger partial charge in [0.25, 0.3) is 5.91 Å². The number of amides is 1. The zero-order chi connectivity index (χ0) is 21.8. The summed E-state index contributed by atoms with van der Waals surface area (Å²) in [5, 5.41) is 9.23. The van der Waals surface area contributed by atoms with E-state index in [2.05, 4.69) is 25.9 Å². The molecule has 1 aliphatic heterocycles. The highest BCUT2D eigenvalue weighted by Gasteiger charge is 2.31. The van der Waals surface area contributed by atoms with Gasteiger partial charge < -0.3 is 16.0 Å². The molecule has 1 aromatic carbocycles. The van der Waals surface area contributed by atoms with Gasteiger partial charge in [0.2, 0.25) is 0 Å². The van der Waals surface area contributed by atoms with Crippen LogP contribution in [0, 0.1) is 0 Å². The molecule has 4 rings (SSSR count). The largest absolute Gasteiger partial charge is 0.416 e. The average molecular weight is 427 g/mol. The Morgan fingerprint density at radius 2 is 1.87 bits per heavy atom. The Hall–Kier alpha value is -3.46. The molecule has 9 heteroatoms. The fraction of sp³-hybridized carbons (Fsp3) is 0.227. The fourth-order valence-corrected chi connectivity index (χ4v) is 3.58. The van der Waals surface area contributed by atoms with Gasteiger partial charge in [0.15, 0.2) is 0 Å². The molecule has 2 unspecified atom stereocenters. The van der Waals surface area contributed by atoms with E-state index in [4.69, 9.17) is 0 Å². The van der Waals surface area contributed by atoms with Gasteiger partial charge in [-0.15, -0.1) is 0 Å². The van der Waals surface area contributed by atoms with Crippen LogP contribution in [0.4, 0.5) is 24.7 Å². The third kappa shape index (κ3) is 4.83. The predicted molar refractivity (Wildman–Crippen MR) is 111 cm³/mol. The Kier molecular flexibility index (Phi) is 5.85. The zero-order valence-electron chi connectivity index (χ0n) is 16.4. The van der Waals surface area contributed by atoms with Crippen molar-refractivity contribution in [1.82, 2.24) is 15.3 Å². The zero-order valence-corrected chi connectivity index (χ0v) is 16.4. The lowest BCUT2D eigenvalue weighted by atomic mass is 10.1. The lowest BCUT2D eigenvalue weighted by molar-refractivity contribution is -0.137. The first-order valence-electron chi connectivity index (χ1n) is 9.76. The van der Waals surface area contributed by atoms with Crippen LogP contribution in [0.2, 0.25) is 0 Å². The van der Waals surface area contributed by atoms with Crippen molar-refractivity contribution in [3.8, 4) is 0 Å². The molecule has 0 saturated carbocycles. The molecule has 1 aliphatic rings. The van der Waals surface area contributed by atoms with Crippen molar-refractivity contribution in [2.45, 2.75) is 24.7 Å². The minimum Gasteiger partial charge on any atom is -0.365 e. The third-order valence-electron chi connectivity index (χ3n) is 5.05. The average Bonchev–Trinajstić information content (AvgIpc) is 3.22. The number of nitrogens with zero attached hydrogens (tertiary/aromatic N) is 2. The van der Waals surface area contributed by atoms with E-state index >= 15 is 0 Å². The van der Waals surface area contributed by atoms with Crippen molar-refractivity contribution >= 4 is 17.4 Å². The van der Waals surface area contributed by atoms with E-state index in [0.717, 1.165) is 30.8 Å². The molecule has 6 nitrogen and oxygen atoms in total. The monoisotopic (exact) mass is 427 g/mol. The number of rotatable bonds is 5. The number of hydrogen-bond donors (Lipinski definition) is 3. The SMILES string of the molecule is O=C(Nc1cccc(C(F)(F)F)c1)c1cccnc1NC1CCNC1c1ccccn1. The van der Waals surface area contributed by atoms with Crippen molar-refractivity contribution < 1.29 is 18.0 Å². The van der Waals surface area contributed by atoms with E-state index < -0.39 is 17.6 Å². The molecule has 1 fully saturated rings. The van der Waals surface area contributed by atoms with Gasteiger partial charge in [-0.3, -0.25) is 9.78 Å². The van der Waals surface area contributed by atoms with Gasteiger partial charge in [0.1, 0.15) is 5.82 Å². The van der Waals surface area contributed by atoms with E-state index in [1.807, 2.05) is 18.2 Å². The molecule has 3 N–H and O–H groups in total. The van der Waals surface area contributed by atoms with Crippen LogP contribution in [0.15, 0.2) is 67.0 Å². The Morgan fingerprint density at radius 1 is 1.03 bits per heavy atom. The molecule has 3 heterocycles. The highest BCUT2D eigenvalue weighted by molar-refractivity contribution is 6.07. The maximum absolute atomic E-state index is 13.0. The highest BCUT2D eigenvalue weighted by atomic mass is 19.4. The van der Waals surface area contributed by atoms with Crippen LogP contribution >= 0.6 is 0 Å². The first kappa shape index (κ1) is 20.8. The molecule has 1 saturated heterocycles. The van der Waals surface area contributed by atoms with Crippen molar-refractivity contribution in [3.05, 3.63) is 83.8 Å². The molecule has 2 atom stereocenters. The van der Waals surface area contributed by atoms with E-state index in [1.54, 1.807) is 24.5 Å². The molecule has 0 bridgehead atoms. The number of halogens is 3. The lowest BCUT2D eigenvalue weighted by Crippen LogP contribution is -2.29. The van der Waals surface area contributed by atoms with Crippen LogP contribution < -0.4 is 16.0 Å². The maximum Gasteiger partial charge on any atom is 0.416 e. The predicted octanol–water partition coefficient (Wildman–Crippen LogP) is 4.26.